The first-order valence-electron chi connectivity index (χ1n) is 3.47. The van der Waals surface area contributed by atoms with Gasteiger partial charge in [-0.3, -0.25) is 0 Å². The Morgan fingerprint density at radius 3 is 2.82 bits per heavy atom. The zero-order valence-corrected chi connectivity index (χ0v) is 12.3. The number of hydrogen-bond acceptors (Lipinski definition) is 1. The third kappa shape index (κ3) is 4.50. The fourth-order valence-corrected chi connectivity index (χ4v) is 0.732. The zero-order chi connectivity index (χ0) is 7.23. The standard InChI is InChI=1S/C9H11O.Bi.3H/c1-2-10-8-9-6-4-3-5-7-9;;;;/h3-6H,2,8H2,1H3;;;;. The monoisotopic (exact) mass is 347 g/mol. The van der Waals surface area contributed by atoms with Crippen LogP contribution in [0.25, 0.3) is 0 Å². The molecule has 0 saturated heterocycles. The van der Waals surface area contributed by atoms with Crippen LogP contribution in [0.3, 0.4) is 0 Å². The van der Waals surface area contributed by atoms with Crippen molar-refractivity contribution < 1.29 is 4.74 Å². The first kappa shape index (κ1) is 11.1. The van der Waals surface area contributed by atoms with Gasteiger partial charge >= 0.3 is 26.2 Å². The SMILES string of the molecule is CCOCc1[c]cccc1.[BiH3]. The van der Waals surface area contributed by atoms with Gasteiger partial charge in [0.1, 0.15) is 0 Å². The Morgan fingerprint density at radius 2 is 2.27 bits per heavy atom. The average Bonchev–Trinajstić information content (AvgIpc) is 2.03. The van der Waals surface area contributed by atoms with Crippen molar-refractivity contribution in [1.82, 2.24) is 0 Å². The summed E-state index contributed by atoms with van der Waals surface area (Å²) in [5, 5.41) is 0. The molecule has 0 heterocycles. The van der Waals surface area contributed by atoms with E-state index in [4.69, 9.17) is 4.74 Å². The molecule has 1 aromatic rings. The predicted molar refractivity (Wildman–Crippen MR) is 50.5 cm³/mol. The van der Waals surface area contributed by atoms with E-state index in [9.17, 15) is 0 Å². The molecule has 0 spiro atoms. The van der Waals surface area contributed by atoms with Crippen molar-refractivity contribution in [3.05, 3.63) is 35.9 Å². The molecule has 0 aliphatic heterocycles. The third-order valence-electron chi connectivity index (χ3n) is 1.24. The van der Waals surface area contributed by atoms with Crippen molar-refractivity contribution in [3.8, 4) is 0 Å². The minimum atomic E-state index is 0. The van der Waals surface area contributed by atoms with E-state index < -0.39 is 0 Å². The molecule has 0 bridgehead atoms. The summed E-state index contributed by atoms with van der Waals surface area (Å²) < 4.78 is 5.19. The minimum absolute atomic E-state index is 0. The molecular weight excluding hydrogens is 333 g/mol. The third-order valence-corrected chi connectivity index (χ3v) is 1.24. The zero-order valence-electron chi connectivity index (χ0n) is 6.84. The van der Waals surface area contributed by atoms with E-state index in [-0.39, 0.29) is 26.2 Å². The molecular formula is C9H14BiO. The van der Waals surface area contributed by atoms with Crippen molar-refractivity contribution in [2.45, 2.75) is 13.5 Å². The van der Waals surface area contributed by atoms with Gasteiger partial charge in [0.25, 0.3) is 0 Å². The maximum absolute atomic E-state index is 5.19. The van der Waals surface area contributed by atoms with E-state index >= 15 is 0 Å². The van der Waals surface area contributed by atoms with E-state index in [0.29, 0.717) is 6.61 Å². The van der Waals surface area contributed by atoms with Gasteiger partial charge in [0.15, 0.2) is 0 Å². The Hall–Kier alpha value is 0.0631. The molecule has 1 nitrogen and oxygen atoms in total. The number of rotatable bonds is 3. The normalized spacial score (nSPS) is 8.82. The molecule has 11 heavy (non-hydrogen) atoms. The molecule has 1 rings (SSSR count). The van der Waals surface area contributed by atoms with Crippen LogP contribution in [0, 0.1) is 6.07 Å². The molecule has 0 atom stereocenters. The molecule has 2 heteroatoms. The van der Waals surface area contributed by atoms with E-state index in [1.165, 1.54) is 0 Å². The van der Waals surface area contributed by atoms with Gasteiger partial charge in [0.05, 0.1) is 6.61 Å². The fourth-order valence-electron chi connectivity index (χ4n) is 0.732. The van der Waals surface area contributed by atoms with Crippen LogP contribution in [-0.4, -0.2) is 32.8 Å². The summed E-state index contributed by atoms with van der Waals surface area (Å²) in [6, 6.07) is 10.9. The van der Waals surface area contributed by atoms with Gasteiger partial charge in [-0.25, -0.2) is 0 Å². The summed E-state index contributed by atoms with van der Waals surface area (Å²) in [4.78, 5) is 0. The van der Waals surface area contributed by atoms with Crippen molar-refractivity contribution in [1.29, 1.82) is 0 Å². The van der Waals surface area contributed by atoms with E-state index in [0.717, 1.165) is 12.2 Å². The first-order chi connectivity index (χ1) is 4.93. The molecule has 0 N–H and O–H groups in total. The van der Waals surface area contributed by atoms with Crippen molar-refractivity contribution in [3.63, 3.8) is 0 Å². The molecule has 1 aromatic carbocycles. The van der Waals surface area contributed by atoms with Crippen molar-refractivity contribution >= 4 is 26.2 Å². The Kier molecular flexibility index (Phi) is 6.79. The average molecular weight is 347 g/mol. The first-order valence-corrected chi connectivity index (χ1v) is 3.47. The number of ether oxygens (including phenoxy) is 1. The Labute approximate surface area is 86.9 Å². The quantitative estimate of drug-likeness (QED) is 0.737. The molecule has 0 amide bonds. The van der Waals surface area contributed by atoms with Gasteiger partial charge in [-0.05, 0) is 18.6 Å². The van der Waals surface area contributed by atoms with Crippen LogP contribution < -0.4 is 0 Å². The summed E-state index contributed by atoms with van der Waals surface area (Å²) in [6.07, 6.45) is 0. The Bertz CT molecular complexity index is 174. The summed E-state index contributed by atoms with van der Waals surface area (Å²) >= 11 is 0. The summed E-state index contributed by atoms with van der Waals surface area (Å²) in [6.45, 7) is 3.43. The van der Waals surface area contributed by atoms with Crippen LogP contribution in [-0.2, 0) is 11.3 Å². The summed E-state index contributed by atoms with van der Waals surface area (Å²) in [7, 11) is 0. The van der Waals surface area contributed by atoms with Crippen LogP contribution in [0.5, 0.6) is 0 Å². The maximum atomic E-state index is 5.19. The second kappa shape index (κ2) is 6.75. The van der Waals surface area contributed by atoms with Gasteiger partial charge in [0, 0.05) is 6.61 Å². The van der Waals surface area contributed by atoms with Crippen LogP contribution in [0.15, 0.2) is 24.3 Å². The summed E-state index contributed by atoms with van der Waals surface area (Å²) in [5.41, 5.74) is 1.12. The Balaban J connectivity index is 0.000001000. The van der Waals surface area contributed by atoms with E-state index in [2.05, 4.69) is 6.07 Å². The van der Waals surface area contributed by atoms with Crippen LogP contribution in [0.2, 0.25) is 0 Å². The predicted octanol–water partition coefficient (Wildman–Crippen LogP) is 0.839. The number of benzene rings is 1. The number of hydrogen-bond donors (Lipinski definition) is 0. The Morgan fingerprint density at radius 1 is 1.45 bits per heavy atom. The van der Waals surface area contributed by atoms with Crippen LogP contribution in [0.4, 0.5) is 0 Å². The van der Waals surface area contributed by atoms with Gasteiger partial charge in [0.2, 0.25) is 0 Å². The molecule has 0 aliphatic carbocycles. The molecule has 61 valence electrons. The molecule has 0 saturated carbocycles. The molecule has 0 fully saturated rings. The van der Waals surface area contributed by atoms with Gasteiger partial charge in [-0.2, -0.15) is 0 Å². The topological polar surface area (TPSA) is 9.23 Å². The van der Waals surface area contributed by atoms with Crippen molar-refractivity contribution in [2.24, 2.45) is 0 Å². The molecule has 1 radical (unpaired) electrons. The van der Waals surface area contributed by atoms with Gasteiger partial charge < -0.3 is 4.74 Å². The summed E-state index contributed by atoms with van der Waals surface area (Å²) in [5.74, 6) is 0. The molecule has 0 unspecified atom stereocenters. The van der Waals surface area contributed by atoms with Gasteiger partial charge in [-0.1, -0.05) is 24.3 Å². The fraction of sp³-hybridized carbons (Fsp3) is 0.333. The van der Waals surface area contributed by atoms with Crippen LogP contribution in [0.1, 0.15) is 12.5 Å². The molecule has 0 aromatic heterocycles. The van der Waals surface area contributed by atoms with E-state index in [1.807, 2.05) is 31.2 Å². The second-order valence-electron chi connectivity index (χ2n) is 2.02. The van der Waals surface area contributed by atoms with E-state index in [1.54, 1.807) is 0 Å². The van der Waals surface area contributed by atoms with Crippen molar-refractivity contribution in [2.75, 3.05) is 6.61 Å². The van der Waals surface area contributed by atoms with Crippen LogP contribution >= 0.6 is 0 Å². The second-order valence-corrected chi connectivity index (χ2v) is 2.02. The molecule has 0 aliphatic rings. The van der Waals surface area contributed by atoms with Gasteiger partial charge in [-0.15, -0.1) is 0 Å².